The topological polar surface area (TPSA) is 24.9 Å². The van der Waals surface area contributed by atoms with E-state index in [9.17, 15) is 0 Å². The molecule has 1 aromatic heterocycles. The molecule has 2 rings (SSSR count). The normalized spacial score (nSPS) is 12.1. The Balaban J connectivity index is 2.29. The molecular formula is C17H24N2S. The fourth-order valence-corrected chi connectivity index (χ4v) is 3.15. The van der Waals surface area contributed by atoms with E-state index in [2.05, 4.69) is 64.2 Å². The maximum absolute atomic E-state index is 4.86. The molecule has 0 bridgehead atoms. The largest absolute Gasteiger partial charge is 0.307 e. The number of benzene rings is 1. The van der Waals surface area contributed by atoms with Crippen molar-refractivity contribution in [1.82, 2.24) is 10.3 Å². The first-order valence-corrected chi connectivity index (χ1v) is 7.98. The molecule has 1 heterocycles. The van der Waals surface area contributed by atoms with Gasteiger partial charge in [-0.1, -0.05) is 44.2 Å². The van der Waals surface area contributed by atoms with Crippen LogP contribution in [-0.4, -0.2) is 10.5 Å². The van der Waals surface area contributed by atoms with Gasteiger partial charge in [0.2, 0.25) is 0 Å². The molecule has 0 aliphatic rings. The zero-order valence-corrected chi connectivity index (χ0v) is 13.8. The molecule has 0 fully saturated rings. The van der Waals surface area contributed by atoms with Crippen molar-refractivity contribution in [1.29, 1.82) is 0 Å². The van der Waals surface area contributed by atoms with Crippen molar-refractivity contribution >= 4 is 11.3 Å². The molecular weight excluding hydrogens is 264 g/mol. The highest BCUT2D eigenvalue weighted by Crippen LogP contribution is 2.31. The summed E-state index contributed by atoms with van der Waals surface area (Å²) in [7, 11) is 0. The molecule has 0 saturated carbocycles. The summed E-state index contributed by atoms with van der Waals surface area (Å²) < 4.78 is 0. The summed E-state index contributed by atoms with van der Waals surface area (Å²) in [6.45, 7) is 11.9. The van der Waals surface area contributed by atoms with Crippen LogP contribution in [0.5, 0.6) is 0 Å². The van der Waals surface area contributed by atoms with Crippen LogP contribution in [0.4, 0.5) is 0 Å². The van der Waals surface area contributed by atoms with Gasteiger partial charge in [0.1, 0.15) is 5.01 Å². The number of hydrogen-bond acceptors (Lipinski definition) is 3. The highest BCUT2D eigenvalue weighted by Gasteiger charge is 2.17. The van der Waals surface area contributed by atoms with Gasteiger partial charge in [0.25, 0.3) is 0 Å². The molecule has 1 aromatic carbocycles. The molecule has 0 unspecified atom stereocenters. The molecule has 2 nitrogen and oxygen atoms in total. The summed E-state index contributed by atoms with van der Waals surface area (Å²) in [5, 5.41) is 4.69. The molecule has 0 aliphatic heterocycles. The predicted octanol–water partition coefficient (Wildman–Crippen LogP) is 4.82. The van der Waals surface area contributed by atoms with E-state index in [1.165, 1.54) is 16.1 Å². The molecule has 20 heavy (non-hydrogen) atoms. The van der Waals surface area contributed by atoms with E-state index in [1.54, 1.807) is 0 Å². The summed E-state index contributed by atoms with van der Waals surface area (Å²) in [6.07, 6.45) is 0. The van der Waals surface area contributed by atoms with Gasteiger partial charge in [0, 0.05) is 22.5 Å². The van der Waals surface area contributed by atoms with Gasteiger partial charge in [-0.05, 0) is 26.7 Å². The number of nitrogens with one attached hydrogen (secondary N) is 1. The van der Waals surface area contributed by atoms with Crippen LogP contribution in [0.25, 0.3) is 10.6 Å². The van der Waals surface area contributed by atoms with E-state index in [0.717, 1.165) is 11.6 Å². The van der Waals surface area contributed by atoms with Crippen molar-refractivity contribution in [2.45, 2.75) is 52.6 Å². The summed E-state index contributed by atoms with van der Waals surface area (Å²) >= 11 is 1.81. The first-order valence-electron chi connectivity index (χ1n) is 7.17. The maximum Gasteiger partial charge on any atom is 0.123 e. The molecule has 3 heteroatoms. The molecule has 0 atom stereocenters. The van der Waals surface area contributed by atoms with Crippen LogP contribution < -0.4 is 5.32 Å². The Labute approximate surface area is 126 Å². The Bertz CT molecular complexity index is 550. The molecule has 0 aliphatic carbocycles. The van der Waals surface area contributed by atoms with E-state index in [1.807, 2.05) is 17.4 Å². The predicted molar refractivity (Wildman–Crippen MR) is 88.2 cm³/mol. The van der Waals surface area contributed by atoms with Crippen LogP contribution in [0.1, 0.15) is 51.1 Å². The molecule has 0 spiro atoms. The van der Waals surface area contributed by atoms with E-state index < -0.39 is 0 Å². The number of hydrogen-bond donors (Lipinski definition) is 1. The molecule has 2 aromatic rings. The number of aromatic nitrogens is 1. The minimum atomic E-state index is 0.130. The standard InChI is InChI=1S/C17H24N2S/c1-12(2)15-14(11-18-17(3,4)5)20-16(19-15)13-9-7-6-8-10-13/h6-10,12,18H,11H2,1-5H3. The smallest absolute Gasteiger partial charge is 0.123 e. The van der Waals surface area contributed by atoms with E-state index in [4.69, 9.17) is 4.98 Å². The van der Waals surface area contributed by atoms with Crippen molar-refractivity contribution in [3.05, 3.63) is 40.9 Å². The van der Waals surface area contributed by atoms with Gasteiger partial charge in [0.15, 0.2) is 0 Å². The van der Waals surface area contributed by atoms with Gasteiger partial charge >= 0.3 is 0 Å². The number of thiazole rings is 1. The second-order valence-corrected chi connectivity index (χ2v) is 7.54. The third kappa shape index (κ3) is 3.90. The highest BCUT2D eigenvalue weighted by atomic mass is 32.1. The van der Waals surface area contributed by atoms with Gasteiger partial charge in [0.05, 0.1) is 5.69 Å². The highest BCUT2D eigenvalue weighted by molar-refractivity contribution is 7.15. The zero-order valence-electron chi connectivity index (χ0n) is 13.0. The third-order valence-electron chi connectivity index (χ3n) is 3.07. The van der Waals surface area contributed by atoms with Crippen LogP contribution in [0.2, 0.25) is 0 Å². The third-order valence-corrected chi connectivity index (χ3v) is 4.19. The van der Waals surface area contributed by atoms with Crippen LogP contribution in [0, 0.1) is 0 Å². The van der Waals surface area contributed by atoms with Crippen LogP contribution in [-0.2, 0) is 6.54 Å². The minimum Gasteiger partial charge on any atom is -0.307 e. The minimum absolute atomic E-state index is 0.130. The van der Waals surface area contributed by atoms with Gasteiger partial charge in [-0.3, -0.25) is 0 Å². The summed E-state index contributed by atoms with van der Waals surface area (Å²) in [4.78, 5) is 6.21. The van der Waals surface area contributed by atoms with E-state index >= 15 is 0 Å². The van der Waals surface area contributed by atoms with Crippen molar-refractivity contribution in [3.8, 4) is 10.6 Å². The van der Waals surface area contributed by atoms with Crippen molar-refractivity contribution in [2.75, 3.05) is 0 Å². The first-order chi connectivity index (χ1) is 9.37. The zero-order chi connectivity index (χ0) is 14.8. The monoisotopic (exact) mass is 288 g/mol. The van der Waals surface area contributed by atoms with Crippen molar-refractivity contribution < 1.29 is 0 Å². The van der Waals surface area contributed by atoms with Crippen LogP contribution in [0.3, 0.4) is 0 Å². The average Bonchev–Trinajstić information content (AvgIpc) is 2.81. The Kier molecular flexibility index (Phi) is 4.61. The lowest BCUT2D eigenvalue weighted by atomic mass is 10.1. The Morgan fingerprint density at radius 3 is 2.35 bits per heavy atom. The molecule has 0 radical (unpaired) electrons. The van der Waals surface area contributed by atoms with Crippen molar-refractivity contribution in [2.24, 2.45) is 0 Å². The van der Waals surface area contributed by atoms with E-state index in [0.29, 0.717) is 5.92 Å². The van der Waals surface area contributed by atoms with E-state index in [-0.39, 0.29) is 5.54 Å². The summed E-state index contributed by atoms with van der Waals surface area (Å²) in [6, 6.07) is 10.4. The van der Waals surface area contributed by atoms with Gasteiger partial charge in [-0.15, -0.1) is 11.3 Å². The quantitative estimate of drug-likeness (QED) is 0.872. The molecule has 108 valence electrons. The number of rotatable bonds is 4. The summed E-state index contributed by atoms with van der Waals surface area (Å²) in [5.41, 5.74) is 2.57. The Morgan fingerprint density at radius 1 is 1.15 bits per heavy atom. The Hall–Kier alpha value is -1.19. The lowest BCUT2D eigenvalue weighted by molar-refractivity contribution is 0.425. The fraction of sp³-hybridized carbons (Fsp3) is 0.471. The molecule has 0 amide bonds. The Morgan fingerprint density at radius 2 is 1.80 bits per heavy atom. The average molecular weight is 288 g/mol. The molecule has 0 saturated heterocycles. The SMILES string of the molecule is CC(C)c1nc(-c2ccccc2)sc1CNC(C)(C)C. The lowest BCUT2D eigenvalue weighted by Gasteiger charge is -2.20. The second-order valence-electron chi connectivity index (χ2n) is 6.45. The van der Waals surface area contributed by atoms with Crippen LogP contribution >= 0.6 is 11.3 Å². The van der Waals surface area contributed by atoms with Gasteiger partial charge < -0.3 is 5.32 Å². The van der Waals surface area contributed by atoms with Gasteiger partial charge in [-0.2, -0.15) is 0 Å². The van der Waals surface area contributed by atoms with Gasteiger partial charge in [-0.25, -0.2) is 4.98 Å². The second kappa shape index (κ2) is 6.06. The van der Waals surface area contributed by atoms with Crippen molar-refractivity contribution in [3.63, 3.8) is 0 Å². The molecule has 1 N–H and O–H groups in total. The number of nitrogens with zero attached hydrogens (tertiary/aromatic N) is 1. The fourth-order valence-electron chi connectivity index (χ4n) is 1.99. The first kappa shape index (κ1) is 15.2. The van der Waals surface area contributed by atoms with Crippen LogP contribution in [0.15, 0.2) is 30.3 Å². The maximum atomic E-state index is 4.86. The summed E-state index contributed by atoms with van der Waals surface area (Å²) in [5.74, 6) is 0.459. The lowest BCUT2D eigenvalue weighted by Crippen LogP contribution is -2.35.